The summed E-state index contributed by atoms with van der Waals surface area (Å²) in [4.78, 5) is 30.1. The van der Waals surface area contributed by atoms with Crippen molar-refractivity contribution in [3.63, 3.8) is 0 Å². The van der Waals surface area contributed by atoms with Gasteiger partial charge < -0.3 is 10.2 Å². The monoisotopic (exact) mass is 540 g/mol. The van der Waals surface area contributed by atoms with E-state index in [1.54, 1.807) is 23.1 Å². The van der Waals surface area contributed by atoms with Gasteiger partial charge in [0, 0.05) is 39.5 Å². The molecule has 1 aliphatic carbocycles. The number of carbonyl (C=O) groups is 2. The van der Waals surface area contributed by atoms with E-state index in [1.807, 2.05) is 60.7 Å². The van der Waals surface area contributed by atoms with Crippen molar-refractivity contribution < 1.29 is 9.59 Å². The van der Waals surface area contributed by atoms with Gasteiger partial charge >= 0.3 is 0 Å². The number of hydrogen-bond acceptors (Lipinski definition) is 3. The molecule has 0 aromatic heterocycles. The Bertz CT molecular complexity index is 1130. The van der Waals surface area contributed by atoms with E-state index in [9.17, 15) is 9.59 Å². The van der Waals surface area contributed by atoms with Gasteiger partial charge in [0.2, 0.25) is 11.8 Å². The zero-order valence-corrected chi connectivity index (χ0v) is 22.4. The predicted octanol–water partition coefficient (Wildman–Crippen LogP) is 6.78. The van der Waals surface area contributed by atoms with Crippen LogP contribution >= 0.6 is 35.0 Å². The third kappa shape index (κ3) is 7.28. The Kier molecular flexibility index (Phi) is 9.74. The Labute approximate surface area is 227 Å². The highest BCUT2D eigenvalue weighted by molar-refractivity contribution is 8.00. The van der Waals surface area contributed by atoms with Gasteiger partial charge in [0.05, 0.1) is 5.75 Å². The molecule has 0 bridgehead atoms. The van der Waals surface area contributed by atoms with Crippen molar-refractivity contribution in [2.75, 3.05) is 5.75 Å². The van der Waals surface area contributed by atoms with Gasteiger partial charge in [-0.25, -0.2) is 0 Å². The smallest absolute Gasteiger partial charge is 0.243 e. The topological polar surface area (TPSA) is 49.4 Å². The van der Waals surface area contributed by atoms with Crippen LogP contribution in [0, 0.1) is 0 Å². The number of thioether (sulfide) groups is 1. The van der Waals surface area contributed by atoms with Gasteiger partial charge in [0.15, 0.2) is 0 Å². The van der Waals surface area contributed by atoms with Gasteiger partial charge in [-0.2, -0.15) is 0 Å². The van der Waals surface area contributed by atoms with Gasteiger partial charge in [0.25, 0.3) is 0 Å². The maximum absolute atomic E-state index is 13.8. The summed E-state index contributed by atoms with van der Waals surface area (Å²) >= 11 is 14.5. The Morgan fingerprint density at radius 1 is 0.889 bits per heavy atom. The first kappa shape index (κ1) is 26.6. The third-order valence-electron chi connectivity index (χ3n) is 6.47. The van der Waals surface area contributed by atoms with Crippen LogP contribution in [0.25, 0.3) is 0 Å². The van der Waals surface area contributed by atoms with E-state index < -0.39 is 6.04 Å². The second kappa shape index (κ2) is 13.2. The molecule has 188 valence electrons. The first-order chi connectivity index (χ1) is 17.5. The van der Waals surface area contributed by atoms with Gasteiger partial charge in [-0.1, -0.05) is 90.6 Å². The average molecular weight is 542 g/mol. The van der Waals surface area contributed by atoms with Crippen molar-refractivity contribution in [2.24, 2.45) is 0 Å². The highest BCUT2D eigenvalue weighted by Gasteiger charge is 2.32. The maximum atomic E-state index is 13.8. The number of hydrogen-bond donors (Lipinski definition) is 1. The van der Waals surface area contributed by atoms with Crippen LogP contribution < -0.4 is 5.32 Å². The Balaban J connectivity index is 1.65. The molecule has 2 amide bonds. The quantitative estimate of drug-likeness (QED) is 0.288. The summed E-state index contributed by atoms with van der Waals surface area (Å²) in [7, 11) is 0. The number of amides is 2. The minimum Gasteiger partial charge on any atom is -0.352 e. The lowest BCUT2D eigenvalue weighted by molar-refractivity contribution is -0.139. The molecule has 0 saturated heterocycles. The van der Waals surface area contributed by atoms with Crippen LogP contribution in [-0.4, -0.2) is 34.6 Å². The van der Waals surface area contributed by atoms with E-state index in [1.165, 1.54) is 11.8 Å². The highest BCUT2D eigenvalue weighted by atomic mass is 35.5. The molecule has 0 spiro atoms. The first-order valence-electron chi connectivity index (χ1n) is 12.3. The number of rotatable bonds is 10. The summed E-state index contributed by atoms with van der Waals surface area (Å²) < 4.78 is 0. The third-order valence-corrected chi connectivity index (χ3v) is 8.17. The molecular formula is C29H30Cl2N2O2S. The number of carbonyl (C=O) groups excluding carboxylic acids is 2. The van der Waals surface area contributed by atoms with Crippen LogP contribution in [0.1, 0.15) is 36.8 Å². The Morgan fingerprint density at radius 2 is 1.50 bits per heavy atom. The Hall–Kier alpha value is -2.47. The first-order valence-corrected chi connectivity index (χ1v) is 14.0. The van der Waals surface area contributed by atoms with Crippen molar-refractivity contribution in [1.29, 1.82) is 0 Å². The molecule has 1 saturated carbocycles. The van der Waals surface area contributed by atoms with E-state index in [0.29, 0.717) is 22.0 Å². The van der Waals surface area contributed by atoms with Gasteiger partial charge in [-0.15, -0.1) is 11.8 Å². The molecule has 0 aliphatic heterocycles. The van der Waals surface area contributed by atoms with E-state index in [4.69, 9.17) is 23.2 Å². The second-order valence-corrected chi connectivity index (χ2v) is 10.9. The lowest BCUT2D eigenvalue weighted by Gasteiger charge is -2.33. The lowest BCUT2D eigenvalue weighted by Crippen LogP contribution is -2.52. The summed E-state index contributed by atoms with van der Waals surface area (Å²) in [5.74, 6) is -0.0667. The summed E-state index contributed by atoms with van der Waals surface area (Å²) in [6.45, 7) is 0.155. The van der Waals surface area contributed by atoms with Crippen molar-refractivity contribution in [3.05, 3.63) is 100 Å². The molecule has 7 heteroatoms. The van der Waals surface area contributed by atoms with Crippen LogP contribution in [0.15, 0.2) is 83.8 Å². The lowest BCUT2D eigenvalue weighted by atomic mass is 10.0. The van der Waals surface area contributed by atoms with Crippen molar-refractivity contribution in [2.45, 2.75) is 55.6 Å². The number of halogens is 2. The largest absolute Gasteiger partial charge is 0.352 e. The minimum absolute atomic E-state index is 0.132. The zero-order chi connectivity index (χ0) is 25.3. The minimum atomic E-state index is -0.691. The van der Waals surface area contributed by atoms with E-state index in [2.05, 4.69) is 5.32 Å². The van der Waals surface area contributed by atoms with Crippen molar-refractivity contribution in [1.82, 2.24) is 10.2 Å². The number of nitrogens with zero attached hydrogens (tertiary/aromatic N) is 1. The van der Waals surface area contributed by atoms with E-state index in [-0.39, 0.29) is 30.2 Å². The molecule has 36 heavy (non-hydrogen) atoms. The van der Waals surface area contributed by atoms with Gasteiger partial charge in [-0.05, 0) is 42.7 Å². The molecular weight excluding hydrogens is 511 g/mol. The molecule has 1 aliphatic rings. The number of nitrogens with one attached hydrogen (secondary N) is 1. The zero-order valence-electron chi connectivity index (χ0n) is 20.0. The van der Waals surface area contributed by atoms with Crippen LogP contribution in [0.4, 0.5) is 0 Å². The Morgan fingerprint density at radius 3 is 2.14 bits per heavy atom. The summed E-state index contributed by atoms with van der Waals surface area (Å²) in [6.07, 6.45) is 4.57. The molecule has 0 unspecified atom stereocenters. The molecule has 3 aromatic rings. The SMILES string of the molecule is O=C(NC1CCCC1)[C@H](Cc1ccccc1)N(Cc1c(Cl)cccc1Cl)C(=O)CSc1ccccc1. The van der Waals surface area contributed by atoms with Crippen LogP contribution in [0.5, 0.6) is 0 Å². The predicted molar refractivity (Wildman–Crippen MR) is 149 cm³/mol. The molecule has 1 atom stereocenters. The molecule has 0 heterocycles. The van der Waals surface area contributed by atoms with E-state index in [0.717, 1.165) is 36.1 Å². The molecule has 1 fully saturated rings. The molecule has 4 nitrogen and oxygen atoms in total. The van der Waals surface area contributed by atoms with Gasteiger partial charge in [-0.3, -0.25) is 9.59 Å². The summed E-state index contributed by atoms with van der Waals surface area (Å²) in [6, 6.07) is 24.3. The van der Waals surface area contributed by atoms with Crippen LogP contribution in [-0.2, 0) is 22.6 Å². The highest BCUT2D eigenvalue weighted by Crippen LogP contribution is 2.28. The summed E-state index contributed by atoms with van der Waals surface area (Å²) in [5.41, 5.74) is 1.63. The fourth-order valence-corrected chi connectivity index (χ4v) is 5.84. The fraction of sp³-hybridized carbons (Fsp3) is 0.310. The van der Waals surface area contributed by atoms with Crippen LogP contribution in [0.3, 0.4) is 0 Å². The summed E-state index contributed by atoms with van der Waals surface area (Å²) in [5, 5.41) is 4.17. The van der Waals surface area contributed by atoms with Gasteiger partial charge in [0.1, 0.15) is 6.04 Å². The normalized spacial score (nSPS) is 14.4. The fourth-order valence-electron chi connectivity index (χ4n) is 4.52. The standard InChI is InChI=1S/C29H30Cl2N2O2S/c30-25-16-9-17-26(31)24(25)19-33(28(34)20-36-23-14-5-2-6-15-23)27(18-21-10-3-1-4-11-21)29(35)32-22-12-7-8-13-22/h1-6,9-11,14-17,22,27H,7-8,12-13,18-20H2,(H,32,35)/t27-/m0/s1. The van der Waals surface area contributed by atoms with Crippen molar-refractivity contribution >= 4 is 46.8 Å². The average Bonchev–Trinajstić information content (AvgIpc) is 3.40. The van der Waals surface area contributed by atoms with Crippen LogP contribution in [0.2, 0.25) is 10.0 Å². The maximum Gasteiger partial charge on any atom is 0.243 e. The van der Waals surface area contributed by atoms with E-state index >= 15 is 0 Å². The second-order valence-electron chi connectivity index (χ2n) is 9.02. The molecule has 1 N–H and O–H groups in total. The molecule has 3 aromatic carbocycles. The van der Waals surface area contributed by atoms with Crippen molar-refractivity contribution in [3.8, 4) is 0 Å². The molecule has 4 rings (SSSR count). The number of benzene rings is 3. The molecule has 0 radical (unpaired) electrons.